The Labute approximate surface area is 239 Å². The molecule has 0 saturated carbocycles. The van der Waals surface area contributed by atoms with Gasteiger partial charge in [0, 0.05) is 6.92 Å². The van der Waals surface area contributed by atoms with Crippen LogP contribution in [0.1, 0.15) is 8.35 Å². The Morgan fingerprint density at radius 1 is 0.632 bits per heavy atom. The first-order chi connectivity index (χ1) is 17.4. The molecule has 18 heteroatoms. The molecule has 0 aromatic rings. The van der Waals surface area contributed by atoms with Gasteiger partial charge in [0.25, 0.3) is 0 Å². The Morgan fingerprint density at radius 3 is 1.61 bits per heavy atom. The van der Waals surface area contributed by atoms with Gasteiger partial charge in [0.1, 0.15) is 67.1 Å². The van der Waals surface area contributed by atoms with Gasteiger partial charge in [0.2, 0.25) is 0 Å². The summed E-state index contributed by atoms with van der Waals surface area (Å²) >= 11 is 0. The van der Waals surface area contributed by atoms with Crippen LogP contribution in [0.5, 0.6) is 0 Å². The Hall–Kier alpha value is -0.130. The maximum atomic E-state index is 11.5. The normalized spacial score (nSPS) is 47.7. The molecule has 0 amide bonds. The van der Waals surface area contributed by atoms with Gasteiger partial charge in [-0.2, -0.15) is 0 Å². The van der Waals surface area contributed by atoms with Crippen LogP contribution in [0.4, 0.5) is 0 Å². The number of aliphatic hydroxyl groups excluding tert-OH is 10. The van der Waals surface area contributed by atoms with E-state index in [9.17, 15) is 55.9 Å². The third kappa shape index (κ3) is 7.19. The molecule has 0 aliphatic carbocycles. The molecule has 0 radical (unpaired) electrons. The smallest absolute Gasteiger partial charge is 1.00 e. The molecular formula is C20H35NaO17. The fourth-order valence-electron chi connectivity index (χ4n) is 4.36. The van der Waals surface area contributed by atoms with Gasteiger partial charge in [-0.1, -0.05) is 0 Å². The van der Waals surface area contributed by atoms with Crippen molar-refractivity contribution in [3.05, 3.63) is 0 Å². The van der Waals surface area contributed by atoms with Crippen molar-refractivity contribution >= 4 is 5.97 Å². The van der Waals surface area contributed by atoms with Gasteiger partial charge in [-0.15, -0.1) is 0 Å². The van der Waals surface area contributed by atoms with E-state index in [2.05, 4.69) is 0 Å². The van der Waals surface area contributed by atoms with Crippen LogP contribution < -0.4 is 29.6 Å². The number of aliphatic hydroxyl groups is 10. The molecule has 3 rings (SSSR count). The summed E-state index contributed by atoms with van der Waals surface area (Å²) in [6.07, 6.45) is -25.3. The van der Waals surface area contributed by atoms with E-state index < -0.39 is 118 Å². The van der Waals surface area contributed by atoms with Crippen molar-refractivity contribution in [1.29, 1.82) is 0 Å². The molecule has 0 aromatic carbocycles. The minimum absolute atomic E-state index is 0. The minimum atomic E-state index is -1.94. The standard InChI is InChI=1S/C20H34O17.Na.H/c1-5(24)32-17-10(26)9(25)6(2-21)34-20(17)37-16-8(4-23)35-19(14(30)12(16)28)36-15-7(3-22)33-18(31)13(29)11(15)27;;/h6-23,25-31H,2-4H2,1H3;;/q;+1;-1/t6-,7-,8-,9-,10+,11-,12-,13-,14-,15-,16-,17-,18?,19-,20-;;/m1../s1. The van der Waals surface area contributed by atoms with Crippen molar-refractivity contribution < 1.29 is 115 Å². The van der Waals surface area contributed by atoms with Gasteiger partial charge in [0.05, 0.1) is 19.8 Å². The molecule has 17 nitrogen and oxygen atoms in total. The van der Waals surface area contributed by atoms with Gasteiger partial charge in [0.15, 0.2) is 25.0 Å². The summed E-state index contributed by atoms with van der Waals surface area (Å²) < 4.78 is 31.8. The van der Waals surface area contributed by atoms with Gasteiger partial charge >= 0.3 is 35.5 Å². The van der Waals surface area contributed by atoms with Crippen LogP contribution in [0.2, 0.25) is 0 Å². The molecule has 3 fully saturated rings. The molecule has 3 saturated heterocycles. The zero-order chi connectivity index (χ0) is 27.6. The third-order valence-electron chi connectivity index (χ3n) is 6.37. The van der Waals surface area contributed by atoms with E-state index in [0.717, 1.165) is 6.92 Å². The van der Waals surface area contributed by atoms with E-state index >= 15 is 0 Å². The van der Waals surface area contributed by atoms with Gasteiger partial charge in [-0.3, -0.25) is 4.79 Å². The number of carbonyl (C=O) groups excluding carboxylic acids is 1. The monoisotopic (exact) mass is 570 g/mol. The second-order valence-corrected chi connectivity index (χ2v) is 8.92. The average molecular weight is 570 g/mol. The predicted molar refractivity (Wildman–Crippen MR) is 112 cm³/mol. The summed E-state index contributed by atoms with van der Waals surface area (Å²) in [5, 5.41) is 100. The molecule has 0 spiro atoms. The van der Waals surface area contributed by atoms with Gasteiger partial charge in [-0.05, 0) is 0 Å². The van der Waals surface area contributed by atoms with Crippen molar-refractivity contribution in [3.63, 3.8) is 0 Å². The topological polar surface area (TPSA) is 275 Å². The first-order valence-corrected chi connectivity index (χ1v) is 11.5. The SMILES string of the molecule is CC(=O)O[C@H]1[C@@H](O[C@H]2[C@H](O)[C@@H](O)[C@@H](O[C@H]3[C@H](O)[C@@H](O)C(O)O[C@@H]3CO)O[C@@H]2CO)O[C@H](CO)[C@@H](O)[C@@H]1O.[H-].[Na+]. The van der Waals surface area contributed by atoms with Crippen molar-refractivity contribution in [2.45, 2.75) is 99.0 Å². The van der Waals surface area contributed by atoms with E-state index in [1.807, 2.05) is 0 Å². The van der Waals surface area contributed by atoms with Crippen LogP contribution in [0.3, 0.4) is 0 Å². The van der Waals surface area contributed by atoms with Crippen molar-refractivity contribution in [2.24, 2.45) is 0 Å². The second-order valence-electron chi connectivity index (χ2n) is 8.92. The molecule has 3 heterocycles. The summed E-state index contributed by atoms with van der Waals surface area (Å²) in [5.74, 6) is -0.887. The number of hydrogen-bond donors (Lipinski definition) is 10. The van der Waals surface area contributed by atoms with Crippen LogP contribution in [-0.2, 0) is 33.2 Å². The number of ether oxygens (including phenoxy) is 6. The molecule has 3 aliphatic rings. The van der Waals surface area contributed by atoms with Crippen molar-refractivity contribution in [3.8, 4) is 0 Å². The van der Waals surface area contributed by atoms with E-state index in [1.54, 1.807) is 0 Å². The molecule has 1 unspecified atom stereocenters. The van der Waals surface area contributed by atoms with E-state index in [-0.39, 0.29) is 31.0 Å². The Bertz CT molecular complexity index is 751. The van der Waals surface area contributed by atoms with E-state index in [1.165, 1.54) is 0 Å². The van der Waals surface area contributed by atoms with Crippen molar-refractivity contribution in [1.82, 2.24) is 0 Å². The summed E-state index contributed by atoms with van der Waals surface area (Å²) in [6.45, 7) is -1.38. The minimum Gasteiger partial charge on any atom is -1.00 e. The summed E-state index contributed by atoms with van der Waals surface area (Å²) in [6, 6.07) is 0. The van der Waals surface area contributed by atoms with Crippen LogP contribution in [0.25, 0.3) is 0 Å². The Kier molecular flexibility index (Phi) is 13.2. The average Bonchev–Trinajstić information content (AvgIpc) is 2.87. The molecule has 218 valence electrons. The maximum Gasteiger partial charge on any atom is 1.00 e. The van der Waals surface area contributed by atoms with E-state index in [0.29, 0.717) is 0 Å². The van der Waals surface area contributed by atoms with Crippen LogP contribution in [0.15, 0.2) is 0 Å². The second kappa shape index (κ2) is 14.7. The van der Waals surface area contributed by atoms with Crippen LogP contribution in [0, 0.1) is 0 Å². The zero-order valence-corrected chi connectivity index (χ0v) is 22.6. The van der Waals surface area contributed by atoms with Crippen molar-refractivity contribution in [2.75, 3.05) is 19.8 Å². The number of carbonyl (C=O) groups is 1. The molecule has 3 aliphatic heterocycles. The Balaban J connectivity index is 0.00000380. The predicted octanol–water partition coefficient (Wildman–Crippen LogP) is -9.89. The molecular weight excluding hydrogens is 535 g/mol. The first kappa shape index (κ1) is 34.1. The molecule has 38 heavy (non-hydrogen) atoms. The maximum absolute atomic E-state index is 11.5. The molecule has 10 N–H and O–H groups in total. The van der Waals surface area contributed by atoms with Crippen LogP contribution in [-0.4, -0.2) is 169 Å². The number of esters is 1. The van der Waals surface area contributed by atoms with Gasteiger partial charge < -0.3 is 80.9 Å². The fourth-order valence-corrected chi connectivity index (χ4v) is 4.36. The number of hydrogen-bond acceptors (Lipinski definition) is 17. The molecule has 15 atom stereocenters. The quantitative estimate of drug-likeness (QED) is 0.0958. The summed E-state index contributed by atoms with van der Waals surface area (Å²) in [7, 11) is 0. The van der Waals surface area contributed by atoms with E-state index in [4.69, 9.17) is 28.4 Å². The first-order valence-electron chi connectivity index (χ1n) is 11.5. The summed E-state index contributed by atoms with van der Waals surface area (Å²) in [4.78, 5) is 11.5. The fraction of sp³-hybridized carbons (Fsp3) is 0.950. The third-order valence-corrected chi connectivity index (χ3v) is 6.37. The van der Waals surface area contributed by atoms with Crippen LogP contribution >= 0.6 is 0 Å². The Morgan fingerprint density at radius 2 is 1.08 bits per heavy atom. The summed E-state index contributed by atoms with van der Waals surface area (Å²) in [5.41, 5.74) is 0. The largest absolute Gasteiger partial charge is 1.00 e. The zero-order valence-electron chi connectivity index (χ0n) is 21.6. The molecule has 0 bridgehead atoms. The molecule has 0 aromatic heterocycles. The van der Waals surface area contributed by atoms with Gasteiger partial charge in [-0.25, -0.2) is 0 Å². The number of rotatable bonds is 8.